The molecule has 0 saturated carbocycles. The van der Waals surface area contributed by atoms with E-state index in [1.54, 1.807) is 37.1 Å². The fourth-order valence-corrected chi connectivity index (χ4v) is 4.67. The molecule has 4 rings (SSSR count). The summed E-state index contributed by atoms with van der Waals surface area (Å²) >= 11 is 0. The second-order valence-electron chi connectivity index (χ2n) is 10.1. The first-order valence-corrected chi connectivity index (χ1v) is 12.1. The lowest BCUT2D eigenvalue weighted by Gasteiger charge is -2.44. The van der Waals surface area contributed by atoms with E-state index in [2.05, 4.69) is 17.1 Å². The van der Waals surface area contributed by atoms with Gasteiger partial charge in [0.2, 0.25) is 0 Å². The minimum Gasteiger partial charge on any atom is -0.438 e. The number of carbonyl (C=O) groups is 1. The molecule has 6 heteroatoms. The van der Waals surface area contributed by atoms with E-state index < -0.39 is 17.3 Å². The van der Waals surface area contributed by atoms with Crippen molar-refractivity contribution in [2.45, 2.75) is 64.2 Å². The van der Waals surface area contributed by atoms with Crippen molar-refractivity contribution < 1.29 is 19.0 Å². The number of amides is 1. The van der Waals surface area contributed by atoms with Crippen LogP contribution in [-0.2, 0) is 10.3 Å². The number of benzene rings is 2. The topological polar surface area (TPSA) is 62.7 Å². The third kappa shape index (κ3) is 5.70. The van der Waals surface area contributed by atoms with Crippen molar-refractivity contribution in [1.29, 1.82) is 0 Å². The Balaban J connectivity index is 1.53. The van der Waals surface area contributed by atoms with Crippen LogP contribution in [0.3, 0.4) is 0 Å². The third-order valence-corrected chi connectivity index (χ3v) is 6.88. The molecule has 1 amide bonds. The zero-order valence-corrected chi connectivity index (χ0v) is 20.8. The largest absolute Gasteiger partial charge is 0.438 e. The molecule has 2 heterocycles. The van der Waals surface area contributed by atoms with Gasteiger partial charge in [0.15, 0.2) is 0 Å². The Labute approximate surface area is 206 Å². The molecule has 0 unspecified atom stereocenters. The first kappa shape index (κ1) is 24.9. The number of hydrogen-bond acceptors (Lipinski definition) is 4. The molecule has 1 saturated heterocycles. The standard InChI is InChI=1S/C29H33FN2O3/c1-20-19-24(13-17-31-20)23-7-5-22(6-8-23)21(2)32-18-16-29(35-27(32)33,15-14-28(3,4)34)25-9-11-26(30)12-10-25/h5-13,17,19,21,34H,14-16,18H2,1-4H3/t21-,29+/m0/s1. The maximum Gasteiger partial charge on any atom is 0.411 e. The number of halogens is 1. The van der Waals surface area contributed by atoms with Crippen molar-refractivity contribution in [2.24, 2.45) is 0 Å². The number of aliphatic hydroxyl groups is 1. The van der Waals surface area contributed by atoms with Gasteiger partial charge in [-0.3, -0.25) is 4.98 Å². The Bertz CT molecular complexity index is 1170. The van der Waals surface area contributed by atoms with Gasteiger partial charge in [-0.05, 0) is 87.1 Å². The van der Waals surface area contributed by atoms with Gasteiger partial charge in [-0.15, -0.1) is 0 Å². The van der Waals surface area contributed by atoms with Crippen molar-refractivity contribution >= 4 is 6.09 Å². The lowest BCUT2D eigenvalue weighted by atomic mass is 9.82. The molecular weight excluding hydrogens is 443 g/mol. The van der Waals surface area contributed by atoms with E-state index in [1.807, 2.05) is 38.1 Å². The van der Waals surface area contributed by atoms with E-state index >= 15 is 0 Å². The zero-order chi connectivity index (χ0) is 25.2. The quantitative estimate of drug-likeness (QED) is 0.420. The number of nitrogens with zero attached hydrogens (tertiary/aromatic N) is 2. The van der Waals surface area contributed by atoms with Gasteiger partial charge < -0.3 is 14.7 Å². The number of carbonyl (C=O) groups excluding carboxylic acids is 1. The van der Waals surface area contributed by atoms with Crippen molar-refractivity contribution in [1.82, 2.24) is 9.88 Å². The number of aryl methyl sites for hydroxylation is 1. The highest BCUT2D eigenvalue weighted by Gasteiger charge is 2.44. The summed E-state index contributed by atoms with van der Waals surface area (Å²) in [6.07, 6.45) is 2.85. The summed E-state index contributed by atoms with van der Waals surface area (Å²) in [4.78, 5) is 19.3. The van der Waals surface area contributed by atoms with Crippen molar-refractivity contribution in [2.75, 3.05) is 6.54 Å². The highest BCUT2D eigenvalue weighted by atomic mass is 19.1. The Morgan fingerprint density at radius 1 is 1.11 bits per heavy atom. The molecule has 0 spiro atoms. The Morgan fingerprint density at radius 2 is 1.80 bits per heavy atom. The van der Waals surface area contributed by atoms with Crippen molar-refractivity contribution in [3.8, 4) is 11.1 Å². The van der Waals surface area contributed by atoms with E-state index in [9.17, 15) is 14.3 Å². The van der Waals surface area contributed by atoms with Crippen molar-refractivity contribution in [3.63, 3.8) is 0 Å². The molecule has 1 aliphatic heterocycles. The number of rotatable bonds is 7. The van der Waals surface area contributed by atoms with Gasteiger partial charge in [-0.2, -0.15) is 0 Å². The normalized spacial score (nSPS) is 19.4. The molecule has 3 aromatic rings. The van der Waals surface area contributed by atoms with Crippen LogP contribution in [0.4, 0.5) is 9.18 Å². The molecule has 1 fully saturated rings. The highest BCUT2D eigenvalue weighted by molar-refractivity contribution is 5.70. The molecule has 0 radical (unpaired) electrons. The van der Waals surface area contributed by atoms with Gasteiger partial charge in [-0.1, -0.05) is 36.4 Å². The average Bonchev–Trinajstić information content (AvgIpc) is 2.82. The van der Waals surface area contributed by atoms with Crippen LogP contribution in [-0.4, -0.2) is 33.2 Å². The molecule has 1 aromatic heterocycles. The fourth-order valence-electron chi connectivity index (χ4n) is 4.67. The number of aromatic nitrogens is 1. The number of hydrogen-bond donors (Lipinski definition) is 1. The van der Waals surface area contributed by atoms with Gasteiger partial charge in [0, 0.05) is 24.9 Å². The first-order valence-electron chi connectivity index (χ1n) is 12.1. The van der Waals surface area contributed by atoms with E-state index in [0.29, 0.717) is 25.8 Å². The van der Waals surface area contributed by atoms with Crippen LogP contribution in [0.1, 0.15) is 62.9 Å². The summed E-state index contributed by atoms with van der Waals surface area (Å²) in [7, 11) is 0. The molecule has 5 nitrogen and oxygen atoms in total. The number of cyclic esters (lactones) is 1. The third-order valence-electron chi connectivity index (χ3n) is 6.88. The molecule has 1 N–H and O–H groups in total. The molecule has 35 heavy (non-hydrogen) atoms. The lowest BCUT2D eigenvalue weighted by Crippen LogP contribution is -2.49. The molecule has 1 aliphatic rings. The Kier molecular flexibility index (Phi) is 6.95. The van der Waals surface area contributed by atoms with Crippen molar-refractivity contribution in [3.05, 3.63) is 89.5 Å². The summed E-state index contributed by atoms with van der Waals surface area (Å²) in [5, 5.41) is 10.3. The van der Waals surface area contributed by atoms with E-state index in [1.165, 1.54) is 12.1 Å². The Hall–Kier alpha value is -3.25. The summed E-state index contributed by atoms with van der Waals surface area (Å²) in [5.74, 6) is -0.339. The molecular formula is C29H33FN2O3. The zero-order valence-electron chi connectivity index (χ0n) is 20.8. The van der Waals surface area contributed by atoms with Gasteiger partial charge in [0.05, 0.1) is 11.6 Å². The van der Waals surface area contributed by atoms with Crippen LogP contribution in [0.2, 0.25) is 0 Å². The predicted octanol–water partition coefficient (Wildman–Crippen LogP) is 6.55. The average molecular weight is 477 g/mol. The van der Waals surface area contributed by atoms with Crippen LogP contribution in [0, 0.1) is 12.7 Å². The Morgan fingerprint density at radius 3 is 2.40 bits per heavy atom. The summed E-state index contributed by atoms with van der Waals surface area (Å²) in [5.41, 5.74) is 3.12. The van der Waals surface area contributed by atoms with E-state index in [0.717, 1.165) is 27.9 Å². The molecule has 0 bridgehead atoms. The first-order chi connectivity index (χ1) is 16.6. The van der Waals surface area contributed by atoms with Gasteiger partial charge >= 0.3 is 6.09 Å². The van der Waals surface area contributed by atoms with Crippen LogP contribution < -0.4 is 0 Å². The minimum absolute atomic E-state index is 0.170. The van der Waals surface area contributed by atoms with Gasteiger partial charge in [0.1, 0.15) is 11.4 Å². The molecule has 2 atom stereocenters. The van der Waals surface area contributed by atoms with Gasteiger partial charge in [-0.25, -0.2) is 9.18 Å². The summed E-state index contributed by atoms with van der Waals surface area (Å²) in [6.45, 7) is 7.93. The SMILES string of the molecule is Cc1cc(-c2ccc([C@H](C)N3CC[C@](CCC(C)(C)O)(c4ccc(F)cc4)OC3=O)cc2)ccn1. The maximum absolute atomic E-state index is 13.6. The lowest BCUT2D eigenvalue weighted by molar-refractivity contribution is -0.0768. The fraction of sp³-hybridized carbons (Fsp3) is 0.379. The predicted molar refractivity (Wildman–Crippen MR) is 134 cm³/mol. The molecule has 0 aliphatic carbocycles. The smallest absolute Gasteiger partial charge is 0.411 e. The number of pyridine rings is 1. The van der Waals surface area contributed by atoms with Gasteiger partial charge in [0.25, 0.3) is 0 Å². The minimum atomic E-state index is -0.904. The van der Waals surface area contributed by atoms with Crippen LogP contribution >= 0.6 is 0 Å². The maximum atomic E-state index is 13.6. The molecule has 184 valence electrons. The molecule has 2 aromatic carbocycles. The second kappa shape index (κ2) is 9.78. The monoisotopic (exact) mass is 476 g/mol. The van der Waals surface area contributed by atoms with E-state index in [-0.39, 0.29) is 11.9 Å². The summed E-state index contributed by atoms with van der Waals surface area (Å²) in [6, 6.07) is 18.2. The number of ether oxygens (including phenoxy) is 1. The van der Waals surface area contributed by atoms with Crippen LogP contribution in [0.15, 0.2) is 66.9 Å². The van der Waals surface area contributed by atoms with E-state index in [4.69, 9.17) is 4.74 Å². The summed E-state index contributed by atoms with van der Waals surface area (Å²) < 4.78 is 19.7. The highest BCUT2D eigenvalue weighted by Crippen LogP contribution is 2.41. The van der Waals surface area contributed by atoms with Crippen LogP contribution in [0.5, 0.6) is 0 Å². The second-order valence-corrected chi connectivity index (χ2v) is 10.1. The van der Waals surface area contributed by atoms with Crippen LogP contribution in [0.25, 0.3) is 11.1 Å².